The van der Waals surface area contributed by atoms with Crippen LogP contribution in [-0.2, 0) is 14.3 Å². The summed E-state index contributed by atoms with van der Waals surface area (Å²) in [7, 11) is 0. The Balaban J connectivity index is 1.68. The zero-order valence-electron chi connectivity index (χ0n) is 17.8. The number of rotatable bonds is 7. The lowest BCUT2D eigenvalue weighted by molar-refractivity contribution is -0.139. The summed E-state index contributed by atoms with van der Waals surface area (Å²) < 4.78 is 11.4. The minimum absolute atomic E-state index is 0.0516. The summed E-state index contributed by atoms with van der Waals surface area (Å²) in [4.78, 5) is 23.8. The lowest BCUT2D eigenvalue weighted by Crippen LogP contribution is -2.47. The highest BCUT2D eigenvalue weighted by atomic mass is 16.6. The molecule has 2 N–H and O–H groups in total. The van der Waals surface area contributed by atoms with Crippen LogP contribution in [-0.4, -0.2) is 41.5 Å². The van der Waals surface area contributed by atoms with Crippen molar-refractivity contribution in [3.05, 3.63) is 59.7 Å². The molecule has 6 nitrogen and oxygen atoms in total. The molecule has 2 atom stereocenters. The minimum Gasteiger partial charge on any atom is -0.481 e. The molecule has 30 heavy (non-hydrogen) atoms. The maximum atomic E-state index is 12.5. The largest absolute Gasteiger partial charge is 0.481 e. The maximum absolute atomic E-state index is 12.5. The van der Waals surface area contributed by atoms with E-state index in [1.807, 2.05) is 57.2 Å². The van der Waals surface area contributed by atoms with Crippen molar-refractivity contribution in [2.75, 3.05) is 6.61 Å². The molecule has 1 aliphatic rings. The number of nitrogens with one attached hydrogen (secondary N) is 1. The number of hydrogen-bond acceptors (Lipinski definition) is 4. The standard InChI is InChI=1S/C24H29NO5/c1-15(30-24(2,3)4)21(13-22(26)27)25-23(28)29-14-20-18-11-7-5-9-16(18)17-10-6-8-12-19(17)20/h5-12,15,20-21H,13-14H2,1-4H3,(H,25,28)(H,26,27)/t15?,21-/m1/s1. The van der Waals surface area contributed by atoms with Crippen LogP contribution >= 0.6 is 0 Å². The number of carboxylic acid groups (broad SMARTS) is 1. The number of ether oxygens (including phenoxy) is 2. The highest BCUT2D eigenvalue weighted by molar-refractivity contribution is 5.79. The summed E-state index contributed by atoms with van der Waals surface area (Å²) >= 11 is 0. The van der Waals surface area contributed by atoms with Gasteiger partial charge in [0.15, 0.2) is 0 Å². The summed E-state index contributed by atoms with van der Waals surface area (Å²) in [6, 6.07) is 15.5. The number of aliphatic carboxylic acids is 1. The second-order valence-corrected chi connectivity index (χ2v) is 8.61. The molecule has 0 fully saturated rings. The van der Waals surface area contributed by atoms with Crippen molar-refractivity contribution in [1.82, 2.24) is 5.32 Å². The smallest absolute Gasteiger partial charge is 0.407 e. The lowest BCUT2D eigenvalue weighted by atomic mass is 9.98. The molecule has 0 aliphatic heterocycles. The van der Waals surface area contributed by atoms with Crippen molar-refractivity contribution in [2.24, 2.45) is 0 Å². The number of fused-ring (bicyclic) bond motifs is 3. The number of hydrogen-bond donors (Lipinski definition) is 2. The highest BCUT2D eigenvalue weighted by Crippen LogP contribution is 2.44. The first-order valence-electron chi connectivity index (χ1n) is 10.2. The first-order chi connectivity index (χ1) is 14.2. The molecular formula is C24H29NO5. The second-order valence-electron chi connectivity index (χ2n) is 8.61. The van der Waals surface area contributed by atoms with Crippen LogP contribution in [0.3, 0.4) is 0 Å². The number of alkyl carbamates (subject to hydrolysis) is 1. The second kappa shape index (κ2) is 8.88. The Morgan fingerprint density at radius 2 is 1.57 bits per heavy atom. The Bertz CT molecular complexity index is 872. The molecule has 1 aliphatic carbocycles. The SMILES string of the molecule is CC(OC(C)(C)C)[C@@H](CC(=O)O)NC(=O)OCC1c2ccccc2-c2ccccc21. The van der Waals surface area contributed by atoms with E-state index in [9.17, 15) is 14.7 Å². The van der Waals surface area contributed by atoms with Crippen molar-refractivity contribution in [3.8, 4) is 11.1 Å². The van der Waals surface area contributed by atoms with E-state index in [0.29, 0.717) is 0 Å². The predicted octanol–water partition coefficient (Wildman–Crippen LogP) is 4.57. The molecule has 1 amide bonds. The third-order valence-electron chi connectivity index (χ3n) is 5.15. The molecule has 160 valence electrons. The van der Waals surface area contributed by atoms with Crippen LogP contribution in [0.5, 0.6) is 0 Å². The molecule has 0 saturated heterocycles. The van der Waals surface area contributed by atoms with Crippen molar-refractivity contribution < 1.29 is 24.2 Å². The summed E-state index contributed by atoms with van der Waals surface area (Å²) in [5.41, 5.74) is 4.09. The Morgan fingerprint density at radius 1 is 1.03 bits per heavy atom. The van der Waals surface area contributed by atoms with Gasteiger partial charge in [0.25, 0.3) is 0 Å². The number of carbonyl (C=O) groups excluding carboxylic acids is 1. The Labute approximate surface area is 177 Å². The molecule has 0 spiro atoms. The lowest BCUT2D eigenvalue weighted by Gasteiger charge is -2.30. The Morgan fingerprint density at radius 3 is 2.07 bits per heavy atom. The molecule has 3 rings (SSSR count). The van der Waals surface area contributed by atoms with Gasteiger partial charge in [-0.2, -0.15) is 0 Å². The molecule has 0 aromatic heterocycles. The first kappa shape index (κ1) is 21.8. The summed E-state index contributed by atoms with van der Waals surface area (Å²) in [5.74, 6) is -1.06. The molecule has 0 bridgehead atoms. The summed E-state index contributed by atoms with van der Waals surface area (Å²) in [5, 5.41) is 11.9. The normalized spacial score (nSPS) is 15.1. The van der Waals surface area contributed by atoms with Gasteiger partial charge in [-0.15, -0.1) is 0 Å². The van der Waals surface area contributed by atoms with Gasteiger partial charge in [-0.3, -0.25) is 4.79 Å². The molecule has 2 aromatic rings. The van der Waals surface area contributed by atoms with Crippen molar-refractivity contribution in [2.45, 2.75) is 57.8 Å². The topological polar surface area (TPSA) is 84.9 Å². The molecule has 6 heteroatoms. The van der Waals surface area contributed by atoms with E-state index in [1.54, 1.807) is 6.92 Å². The average Bonchev–Trinajstić information content (AvgIpc) is 2.98. The van der Waals surface area contributed by atoms with Gasteiger partial charge in [-0.05, 0) is 49.9 Å². The number of benzene rings is 2. The number of carbonyl (C=O) groups is 2. The van der Waals surface area contributed by atoms with E-state index in [4.69, 9.17) is 9.47 Å². The van der Waals surface area contributed by atoms with Crippen LogP contribution in [0.4, 0.5) is 4.79 Å². The fourth-order valence-electron chi connectivity index (χ4n) is 3.95. The van der Waals surface area contributed by atoms with Crippen molar-refractivity contribution in [3.63, 3.8) is 0 Å². The van der Waals surface area contributed by atoms with Gasteiger partial charge in [0.1, 0.15) is 6.61 Å². The van der Waals surface area contributed by atoms with Gasteiger partial charge in [0.05, 0.1) is 24.2 Å². The fraction of sp³-hybridized carbons (Fsp3) is 0.417. The molecule has 0 saturated carbocycles. The zero-order chi connectivity index (χ0) is 21.9. The monoisotopic (exact) mass is 411 g/mol. The maximum Gasteiger partial charge on any atom is 0.407 e. The van der Waals surface area contributed by atoms with Gasteiger partial charge in [0, 0.05) is 5.92 Å². The predicted molar refractivity (Wildman–Crippen MR) is 115 cm³/mol. The minimum atomic E-state index is -1.01. The summed E-state index contributed by atoms with van der Waals surface area (Å²) in [6.45, 7) is 7.58. The van der Waals surface area contributed by atoms with E-state index < -0.39 is 29.8 Å². The molecule has 0 heterocycles. The molecule has 0 radical (unpaired) electrons. The molecule has 2 aromatic carbocycles. The van der Waals surface area contributed by atoms with Crippen LogP contribution in [0.2, 0.25) is 0 Å². The number of carboxylic acids is 1. The Kier molecular flexibility index (Phi) is 6.46. The average molecular weight is 411 g/mol. The zero-order valence-corrected chi connectivity index (χ0v) is 17.8. The van der Waals surface area contributed by atoms with E-state index in [1.165, 1.54) is 0 Å². The van der Waals surface area contributed by atoms with Crippen molar-refractivity contribution in [1.29, 1.82) is 0 Å². The molecule has 1 unspecified atom stereocenters. The Hall–Kier alpha value is -2.86. The van der Waals surface area contributed by atoms with Crippen LogP contribution in [0, 0.1) is 0 Å². The van der Waals surface area contributed by atoms with Gasteiger partial charge in [-0.1, -0.05) is 48.5 Å². The van der Waals surface area contributed by atoms with E-state index in [-0.39, 0.29) is 18.9 Å². The van der Waals surface area contributed by atoms with Crippen LogP contribution in [0.15, 0.2) is 48.5 Å². The van der Waals surface area contributed by atoms with E-state index in [0.717, 1.165) is 22.3 Å². The van der Waals surface area contributed by atoms with Gasteiger partial charge >= 0.3 is 12.1 Å². The van der Waals surface area contributed by atoms with Gasteiger partial charge < -0.3 is 19.9 Å². The highest BCUT2D eigenvalue weighted by Gasteiger charge is 2.31. The van der Waals surface area contributed by atoms with Crippen LogP contribution < -0.4 is 5.32 Å². The van der Waals surface area contributed by atoms with Crippen molar-refractivity contribution >= 4 is 12.1 Å². The van der Waals surface area contributed by atoms with E-state index >= 15 is 0 Å². The van der Waals surface area contributed by atoms with Crippen LogP contribution in [0.1, 0.15) is 51.2 Å². The first-order valence-corrected chi connectivity index (χ1v) is 10.2. The van der Waals surface area contributed by atoms with Crippen LogP contribution in [0.25, 0.3) is 11.1 Å². The third kappa shape index (κ3) is 5.19. The summed E-state index contributed by atoms with van der Waals surface area (Å²) in [6.07, 6.45) is -1.38. The van der Waals surface area contributed by atoms with Gasteiger partial charge in [0.2, 0.25) is 0 Å². The molecular weight excluding hydrogens is 382 g/mol. The quantitative estimate of drug-likeness (QED) is 0.697. The number of amides is 1. The van der Waals surface area contributed by atoms with E-state index in [2.05, 4.69) is 17.4 Å². The third-order valence-corrected chi connectivity index (χ3v) is 5.15. The fourth-order valence-corrected chi connectivity index (χ4v) is 3.95. The van der Waals surface area contributed by atoms with Gasteiger partial charge in [-0.25, -0.2) is 4.79 Å².